The van der Waals surface area contributed by atoms with Crippen LogP contribution in [0.15, 0.2) is 53.4 Å². The van der Waals surface area contributed by atoms with Crippen molar-refractivity contribution in [3.05, 3.63) is 59.7 Å². The van der Waals surface area contributed by atoms with Crippen LogP contribution < -0.4 is 0 Å². The van der Waals surface area contributed by atoms with E-state index < -0.39 is 0 Å². The molecule has 1 N–H and O–H groups in total. The molecule has 0 unspecified atom stereocenters. The fourth-order valence-electron chi connectivity index (χ4n) is 1.65. The summed E-state index contributed by atoms with van der Waals surface area (Å²) in [5.74, 6) is 0.659. The lowest BCUT2D eigenvalue weighted by atomic mass is 10.1. The van der Waals surface area contributed by atoms with Gasteiger partial charge in [-0.3, -0.25) is 0 Å². The van der Waals surface area contributed by atoms with Crippen LogP contribution in [0.2, 0.25) is 0 Å². The summed E-state index contributed by atoms with van der Waals surface area (Å²) >= 11 is 1.60. The number of phenols is 1. The van der Waals surface area contributed by atoms with Gasteiger partial charge in [0, 0.05) is 10.6 Å². The smallest absolute Gasteiger partial charge is 0.337 e. The van der Waals surface area contributed by atoms with Crippen molar-refractivity contribution in [2.24, 2.45) is 0 Å². The summed E-state index contributed by atoms with van der Waals surface area (Å²) < 4.78 is 4.69. The second-order valence-electron chi connectivity index (χ2n) is 3.98. The van der Waals surface area contributed by atoms with E-state index in [4.69, 9.17) is 4.74 Å². The molecule has 2 aromatic carbocycles. The number of methoxy groups -OCH3 is 1. The van der Waals surface area contributed by atoms with Crippen LogP contribution >= 0.6 is 11.8 Å². The second-order valence-corrected chi connectivity index (χ2v) is 5.03. The quantitative estimate of drug-likeness (QED) is 0.685. The molecule has 0 aromatic heterocycles. The van der Waals surface area contributed by atoms with Crippen molar-refractivity contribution in [1.82, 2.24) is 0 Å². The largest absolute Gasteiger partial charge is 0.508 e. The topological polar surface area (TPSA) is 46.5 Å². The number of rotatable bonds is 4. The van der Waals surface area contributed by atoms with Gasteiger partial charge < -0.3 is 9.84 Å². The minimum atomic E-state index is -0.329. The lowest BCUT2D eigenvalue weighted by Crippen LogP contribution is -2.01. The maximum atomic E-state index is 11.4. The average molecular weight is 274 g/mol. The monoisotopic (exact) mass is 274 g/mol. The van der Waals surface area contributed by atoms with Crippen LogP contribution in [0.4, 0.5) is 0 Å². The van der Waals surface area contributed by atoms with E-state index in [0.717, 1.165) is 16.2 Å². The molecule has 0 aliphatic heterocycles. The predicted molar refractivity (Wildman–Crippen MR) is 75.4 cm³/mol. The lowest BCUT2D eigenvalue weighted by Gasteiger charge is -2.05. The Labute approximate surface area is 116 Å². The summed E-state index contributed by atoms with van der Waals surface area (Å²) in [7, 11) is 1.37. The molecular weight excluding hydrogens is 260 g/mol. The molecule has 19 heavy (non-hydrogen) atoms. The molecule has 2 aromatic rings. The molecule has 3 nitrogen and oxygen atoms in total. The SMILES string of the molecule is COC(=O)c1cccc(CSc2cccc(O)c2)c1. The van der Waals surface area contributed by atoms with Gasteiger partial charge in [-0.2, -0.15) is 0 Å². The van der Waals surface area contributed by atoms with E-state index in [9.17, 15) is 9.90 Å². The zero-order chi connectivity index (χ0) is 13.7. The molecule has 0 saturated carbocycles. The highest BCUT2D eigenvalue weighted by atomic mass is 32.2. The van der Waals surface area contributed by atoms with E-state index in [1.54, 1.807) is 30.0 Å². The van der Waals surface area contributed by atoms with Crippen molar-refractivity contribution in [2.75, 3.05) is 7.11 Å². The highest BCUT2D eigenvalue weighted by Crippen LogP contribution is 2.25. The fourth-order valence-corrected chi connectivity index (χ4v) is 2.54. The molecular formula is C15H14O3S. The van der Waals surface area contributed by atoms with Crippen LogP contribution in [0.3, 0.4) is 0 Å². The molecule has 0 saturated heterocycles. The summed E-state index contributed by atoms with van der Waals surface area (Å²) in [4.78, 5) is 12.4. The molecule has 0 atom stereocenters. The zero-order valence-corrected chi connectivity index (χ0v) is 11.3. The number of benzene rings is 2. The molecule has 98 valence electrons. The minimum absolute atomic E-state index is 0.258. The van der Waals surface area contributed by atoms with Crippen molar-refractivity contribution in [3.8, 4) is 5.75 Å². The Bertz CT molecular complexity index is 581. The number of thioether (sulfide) groups is 1. The van der Waals surface area contributed by atoms with Crippen molar-refractivity contribution in [2.45, 2.75) is 10.6 Å². The number of phenolic OH excluding ortho intramolecular Hbond substituents is 1. The lowest BCUT2D eigenvalue weighted by molar-refractivity contribution is 0.0600. The van der Waals surface area contributed by atoms with Gasteiger partial charge in [-0.05, 0) is 35.9 Å². The van der Waals surface area contributed by atoms with Gasteiger partial charge in [0.25, 0.3) is 0 Å². The molecule has 2 rings (SSSR count). The van der Waals surface area contributed by atoms with Gasteiger partial charge in [-0.25, -0.2) is 4.79 Å². The number of esters is 1. The fraction of sp³-hybridized carbons (Fsp3) is 0.133. The summed E-state index contributed by atoms with van der Waals surface area (Å²) in [5.41, 5.74) is 1.59. The predicted octanol–water partition coefficient (Wildman–Crippen LogP) is 3.47. The molecule has 0 bridgehead atoms. The van der Waals surface area contributed by atoms with Gasteiger partial charge >= 0.3 is 5.97 Å². The first-order valence-electron chi connectivity index (χ1n) is 5.78. The highest BCUT2D eigenvalue weighted by Gasteiger charge is 2.05. The van der Waals surface area contributed by atoms with Crippen LogP contribution in [0.5, 0.6) is 5.75 Å². The van der Waals surface area contributed by atoms with Crippen LogP contribution in [-0.4, -0.2) is 18.2 Å². The molecule has 0 aliphatic rings. The number of aromatic hydroxyl groups is 1. The molecule has 0 amide bonds. The van der Waals surface area contributed by atoms with Gasteiger partial charge in [0.2, 0.25) is 0 Å². The normalized spacial score (nSPS) is 10.2. The van der Waals surface area contributed by atoms with Crippen molar-refractivity contribution >= 4 is 17.7 Å². The molecule has 0 aliphatic carbocycles. The number of hydrogen-bond acceptors (Lipinski definition) is 4. The third-order valence-electron chi connectivity index (χ3n) is 2.57. The van der Waals surface area contributed by atoms with Gasteiger partial charge in [-0.1, -0.05) is 18.2 Å². The van der Waals surface area contributed by atoms with Gasteiger partial charge in [-0.15, -0.1) is 11.8 Å². The zero-order valence-electron chi connectivity index (χ0n) is 10.5. The van der Waals surface area contributed by atoms with Crippen LogP contribution in [0, 0.1) is 0 Å². The molecule has 4 heteroatoms. The average Bonchev–Trinajstić information content (AvgIpc) is 2.45. The minimum Gasteiger partial charge on any atom is -0.508 e. The summed E-state index contributed by atoms with van der Waals surface area (Å²) in [6.07, 6.45) is 0. The van der Waals surface area contributed by atoms with Crippen LogP contribution in [-0.2, 0) is 10.5 Å². The number of carbonyl (C=O) groups excluding carboxylic acids is 1. The maximum Gasteiger partial charge on any atom is 0.337 e. The summed E-state index contributed by atoms with van der Waals surface area (Å²) in [6, 6.07) is 14.5. The Kier molecular flexibility index (Phi) is 4.47. The van der Waals surface area contributed by atoms with Gasteiger partial charge in [0.05, 0.1) is 12.7 Å². The van der Waals surface area contributed by atoms with Crippen molar-refractivity contribution in [3.63, 3.8) is 0 Å². The van der Waals surface area contributed by atoms with Crippen molar-refractivity contribution < 1.29 is 14.6 Å². The Morgan fingerprint density at radius 1 is 1.21 bits per heavy atom. The molecule has 0 heterocycles. The second kappa shape index (κ2) is 6.29. The van der Waals surface area contributed by atoms with Gasteiger partial charge in [0.1, 0.15) is 5.75 Å². The Balaban J connectivity index is 2.05. The third kappa shape index (κ3) is 3.76. The van der Waals surface area contributed by atoms with E-state index in [2.05, 4.69) is 0 Å². The first-order chi connectivity index (χ1) is 9.19. The molecule has 0 fully saturated rings. The maximum absolute atomic E-state index is 11.4. The standard InChI is InChI=1S/C15H14O3S/c1-18-15(17)12-5-2-4-11(8-12)10-19-14-7-3-6-13(16)9-14/h2-9,16H,10H2,1H3. The third-order valence-corrected chi connectivity index (χ3v) is 3.64. The number of ether oxygens (including phenoxy) is 1. The van der Waals surface area contributed by atoms with Crippen LogP contribution in [0.1, 0.15) is 15.9 Å². The summed E-state index contributed by atoms with van der Waals surface area (Å²) in [6.45, 7) is 0. The Morgan fingerprint density at radius 2 is 2.00 bits per heavy atom. The van der Waals surface area contributed by atoms with Crippen LogP contribution in [0.25, 0.3) is 0 Å². The highest BCUT2D eigenvalue weighted by molar-refractivity contribution is 7.98. The molecule has 0 spiro atoms. The van der Waals surface area contributed by atoms with E-state index in [-0.39, 0.29) is 11.7 Å². The first kappa shape index (κ1) is 13.5. The van der Waals surface area contributed by atoms with Crippen molar-refractivity contribution in [1.29, 1.82) is 0 Å². The summed E-state index contributed by atoms with van der Waals surface area (Å²) in [5, 5.41) is 9.38. The van der Waals surface area contributed by atoms with E-state index in [1.165, 1.54) is 7.11 Å². The van der Waals surface area contributed by atoms with E-state index in [1.807, 2.05) is 30.3 Å². The number of carbonyl (C=O) groups is 1. The van der Waals surface area contributed by atoms with E-state index in [0.29, 0.717) is 5.56 Å². The van der Waals surface area contributed by atoms with Gasteiger partial charge in [0.15, 0.2) is 0 Å². The number of hydrogen-bond donors (Lipinski definition) is 1. The Hall–Kier alpha value is -1.94. The molecule has 0 radical (unpaired) electrons. The first-order valence-corrected chi connectivity index (χ1v) is 6.76. The van der Waals surface area contributed by atoms with E-state index >= 15 is 0 Å². The Morgan fingerprint density at radius 3 is 2.74 bits per heavy atom.